The summed E-state index contributed by atoms with van der Waals surface area (Å²) in [5.74, 6) is -7.37. The van der Waals surface area contributed by atoms with Crippen LogP contribution < -0.4 is 0 Å². The topological polar surface area (TPSA) is 202 Å². The maximum Gasteiger partial charge on any atom is 0.306 e. The number of rotatable bonds is 10. The van der Waals surface area contributed by atoms with Crippen molar-refractivity contribution in [1.29, 1.82) is 0 Å². The zero-order chi connectivity index (χ0) is 46.1. The lowest BCUT2D eigenvalue weighted by Gasteiger charge is -2.62. The largest absolute Gasteiger partial charge is 0.458 e. The lowest BCUT2D eigenvalue weighted by atomic mass is 9.44. The number of alkyl halides is 2. The fourth-order valence-electron chi connectivity index (χ4n) is 15.3. The summed E-state index contributed by atoms with van der Waals surface area (Å²) >= 11 is 0. The number of aliphatic hydroxyl groups is 4. The van der Waals surface area contributed by atoms with Crippen LogP contribution in [0.25, 0.3) is 0 Å². The molecule has 0 aliphatic heterocycles. The minimum Gasteiger partial charge on any atom is -0.458 e. The predicted octanol–water partition coefficient (Wildman–Crippen LogP) is 5.08. The van der Waals surface area contributed by atoms with Crippen molar-refractivity contribution < 1.29 is 67.4 Å². The van der Waals surface area contributed by atoms with Gasteiger partial charge in [0.2, 0.25) is 11.6 Å². The van der Waals surface area contributed by atoms with E-state index in [1.165, 1.54) is 36.5 Å². The molecule has 12 nitrogen and oxygen atoms in total. The molecule has 8 rings (SSSR count). The minimum absolute atomic E-state index is 0.0651. The van der Waals surface area contributed by atoms with E-state index in [9.17, 15) is 49.2 Å². The normalized spacial score (nSPS) is 48.1. The van der Waals surface area contributed by atoms with E-state index in [0.29, 0.717) is 49.7 Å². The lowest BCUT2D eigenvalue weighted by molar-refractivity contribution is -0.220. The molecule has 0 amide bonds. The summed E-state index contributed by atoms with van der Waals surface area (Å²) in [6, 6.07) is 0. The Bertz CT molecular complexity index is 2020. The number of allylic oxidation sites excluding steroid dienone is 8. The molecule has 8 aliphatic carbocycles. The van der Waals surface area contributed by atoms with Crippen LogP contribution in [0.4, 0.5) is 8.78 Å². The van der Waals surface area contributed by atoms with Gasteiger partial charge in [-0.3, -0.25) is 28.8 Å². The van der Waals surface area contributed by atoms with E-state index in [4.69, 9.17) is 9.47 Å². The molecule has 0 radical (unpaired) electrons. The molecule has 0 heterocycles. The van der Waals surface area contributed by atoms with Crippen molar-refractivity contribution in [3.05, 3.63) is 47.6 Å². The average molecular weight is 881 g/mol. The molecule has 0 spiro atoms. The van der Waals surface area contributed by atoms with Gasteiger partial charge in [0.1, 0.15) is 11.2 Å². The molecule has 63 heavy (non-hydrogen) atoms. The van der Waals surface area contributed by atoms with E-state index >= 15 is 8.78 Å². The van der Waals surface area contributed by atoms with Crippen molar-refractivity contribution in [2.24, 2.45) is 57.2 Å². The first kappa shape index (κ1) is 45.8. The fraction of sp³-hybridized carbons (Fsp3) is 0.714. The standard InChI is InChI=1S/C49H62F2O12/c1-26-18-34-32-12-10-28-20-30(52)14-16-42(28,3)46(32,50)36(54)22-44(34,5)48(26,60)38(56)24-62-40(58)8-7-9-41(59)63-25-39(57)49(61)27(2)19-35-33-13-11-29-21-31(53)15-17-43(29,4)47(33,51)37(55)23-45(35,49)6/h14-17,20-21,26-27,32-37,54-55,60-61H,7-13,18-19,22-25H2,1-6H3/t26-,27-,32?,33?,34?,35?,36+,37+,42+,43+,44+,45+,46+,47+,48+,49+/m1/s1. The Morgan fingerprint density at radius 2 is 1.02 bits per heavy atom. The number of Topliss-reactive ketones (excluding diaryl/α,β-unsaturated/α-hetero) is 2. The van der Waals surface area contributed by atoms with Gasteiger partial charge in [0.25, 0.3) is 0 Å². The Kier molecular flexibility index (Phi) is 10.8. The summed E-state index contributed by atoms with van der Waals surface area (Å²) in [5, 5.41) is 47.6. The second-order valence-corrected chi connectivity index (χ2v) is 21.4. The van der Waals surface area contributed by atoms with E-state index < -0.39 is 129 Å². The minimum atomic E-state index is -2.14. The zero-order valence-electron chi connectivity index (χ0n) is 37.1. The number of halogens is 2. The molecule has 4 unspecified atom stereocenters. The van der Waals surface area contributed by atoms with Crippen molar-refractivity contribution in [2.75, 3.05) is 13.2 Å². The van der Waals surface area contributed by atoms with E-state index in [-0.39, 0.29) is 43.7 Å². The summed E-state index contributed by atoms with van der Waals surface area (Å²) in [6.07, 6.45) is 6.49. The Hall–Kier alpha value is -3.72. The van der Waals surface area contributed by atoms with E-state index in [0.717, 1.165) is 0 Å². The first-order chi connectivity index (χ1) is 29.3. The Balaban J connectivity index is 0.842. The molecular weight excluding hydrogens is 819 g/mol. The lowest BCUT2D eigenvalue weighted by Crippen LogP contribution is -2.69. The smallest absolute Gasteiger partial charge is 0.306 e. The molecule has 0 saturated heterocycles. The number of ether oxygens (including phenoxy) is 2. The van der Waals surface area contributed by atoms with Gasteiger partial charge in [0.05, 0.1) is 12.2 Å². The number of carbonyl (C=O) groups excluding carboxylic acids is 6. The first-order valence-corrected chi connectivity index (χ1v) is 22.8. The predicted molar refractivity (Wildman–Crippen MR) is 221 cm³/mol. The highest BCUT2D eigenvalue weighted by atomic mass is 19.1. The van der Waals surface area contributed by atoms with Crippen molar-refractivity contribution >= 4 is 35.1 Å². The Morgan fingerprint density at radius 3 is 1.38 bits per heavy atom. The van der Waals surface area contributed by atoms with Gasteiger partial charge in [-0.1, -0.05) is 51.0 Å². The molecule has 0 aromatic carbocycles. The monoisotopic (exact) mass is 880 g/mol. The van der Waals surface area contributed by atoms with Crippen LogP contribution >= 0.6 is 0 Å². The number of fused-ring (bicyclic) bond motifs is 10. The van der Waals surface area contributed by atoms with E-state index in [1.807, 2.05) is 0 Å². The SMILES string of the molecule is C[C@@H]1CC2C3CCC4=CC(=O)C=C[C@]4(C)[C@@]3(F)[C@@H](O)C[C@]2(C)[C@@]1(O)C(=O)COC(=O)CCCC(=O)OCC(=O)[C@@]1(O)[C@H](C)CC2C3CCC4=CC(=O)C=C[C@]4(C)[C@@]3(F)[C@@H](O)C[C@@]21C. The molecule has 4 N–H and O–H groups in total. The fourth-order valence-corrected chi connectivity index (χ4v) is 15.3. The molecule has 6 saturated carbocycles. The molecule has 0 aromatic heterocycles. The summed E-state index contributed by atoms with van der Waals surface area (Å²) in [5.41, 5.74) is -12.1. The van der Waals surface area contributed by atoms with Crippen LogP contribution in [0.3, 0.4) is 0 Å². The molecule has 8 aliphatic rings. The van der Waals surface area contributed by atoms with Crippen LogP contribution in [0.1, 0.15) is 112 Å². The second kappa shape index (κ2) is 14.9. The first-order valence-electron chi connectivity index (χ1n) is 22.8. The molecular formula is C49H62F2O12. The number of carbonyl (C=O) groups is 6. The number of esters is 2. The summed E-state index contributed by atoms with van der Waals surface area (Å²) in [4.78, 5) is 77.7. The van der Waals surface area contributed by atoms with Gasteiger partial charge in [0.15, 0.2) is 36.1 Å². The molecule has 0 aromatic rings. The summed E-state index contributed by atoms with van der Waals surface area (Å²) in [7, 11) is 0. The van der Waals surface area contributed by atoms with Crippen LogP contribution in [0.5, 0.6) is 0 Å². The van der Waals surface area contributed by atoms with Crippen LogP contribution in [0.15, 0.2) is 47.6 Å². The second-order valence-electron chi connectivity index (χ2n) is 21.4. The number of hydrogen-bond acceptors (Lipinski definition) is 12. The molecule has 0 bridgehead atoms. The van der Waals surface area contributed by atoms with E-state index in [2.05, 4.69) is 0 Å². The number of hydrogen-bond donors (Lipinski definition) is 4. The Labute approximate surface area is 366 Å². The van der Waals surface area contributed by atoms with Gasteiger partial charge >= 0.3 is 11.9 Å². The van der Waals surface area contributed by atoms with Crippen LogP contribution in [0, 0.1) is 57.2 Å². The highest BCUT2D eigenvalue weighted by Crippen LogP contribution is 2.72. The van der Waals surface area contributed by atoms with Gasteiger partial charge in [-0.2, -0.15) is 0 Å². The maximum atomic E-state index is 17.5. The highest BCUT2D eigenvalue weighted by Gasteiger charge is 2.77. The highest BCUT2D eigenvalue weighted by molar-refractivity contribution is 6.02. The maximum absolute atomic E-state index is 17.5. The van der Waals surface area contributed by atoms with Crippen LogP contribution in [-0.2, 0) is 38.2 Å². The average Bonchev–Trinajstić information content (AvgIpc) is 3.55. The Morgan fingerprint density at radius 1 is 0.651 bits per heavy atom. The number of aliphatic hydroxyl groups excluding tert-OH is 2. The molecule has 344 valence electrons. The zero-order valence-corrected chi connectivity index (χ0v) is 37.1. The van der Waals surface area contributed by atoms with Crippen molar-refractivity contribution in [2.45, 2.75) is 147 Å². The summed E-state index contributed by atoms with van der Waals surface area (Å²) < 4.78 is 45.6. The molecule has 16 atom stereocenters. The summed E-state index contributed by atoms with van der Waals surface area (Å²) in [6.45, 7) is 8.60. The van der Waals surface area contributed by atoms with Gasteiger partial charge in [0, 0.05) is 46.3 Å². The third-order valence-electron chi connectivity index (χ3n) is 18.8. The van der Waals surface area contributed by atoms with Crippen LogP contribution in [0.2, 0.25) is 0 Å². The van der Waals surface area contributed by atoms with Crippen molar-refractivity contribution in [1.82, 2.24) is 0 Å². The van der Waals surface area contributed by atoms with Gasteiger partial charge in [-0.05, 0) is 120 Å². The number of ketones is 4. The molecule has 14 heteroatoms. The van der Waals surface area contributed by atoms with Crippen LogP contribution in [-0.4, -0.2) is 103 Å². The molecule has 6 fully saturated rings. The van der Waals surface area contributed by atoms with Gasteiger partial charge in [-0.15, -0.1) is 0 Å². The van der Waals surface area contributed by atoms with Crippen molar-refractivity contribution in [3.63, 3.8) is 0 Å². The third kappa shape index (κ3) is 5.94. The van der Waals surface area contributed by atoms with Gasteiger partial charge < -0.3 is 29.9 Å². The van der Waals surface area contributed by atoms with Crippen molar-refractivity contribution in [3.8, 4) is 0 Å². The third-order valence-corrected chi connectivity index (χ3v) is 18.8. The van der Waals surface area contributed by atoms with Gasteiger partial charge in [-0.25, -0.2) is 8.78 Å². The van der Waals surface area contributed by atoms with E-state index in [1.54, 1.807) is 41.5 Å². The quantitative estimate of drug-likeness (QED) is 0.213.